The molecule has 1 rings (SSSR count). The lowest BCUT2D eigenvalue weighted by atomic mass is 9.78. The van der Waals surface area contributed by atoms with Crippen LogP contribution >= 0.6 is 0 Å². The van der Waals surface area contributed by atoms with Gasteiger partial charge in [0, 0.05) is 11.1 Å². The molecule has 0 aliphatic rings. The van der Waals surface area contributed by atoms with Gasteiger partial charge in [-0.2, -0.15) is 0 Å². The largest absolute Gasteiger partial charge is 0.465 e. The maximum atomic E-state index is 14.6. The smallest absolute Gasteiger partial charge is 0.327 e. The van der Waals surface area contributed by atoms with Gasteiger partial charge in [0.15, 0.2) is 5.41 Å². The lowest BCUT2D eigenvalue weighted by Crippen LogP contribution is -2.45. The zero-order chi connectivity index (χ0) is 18.7. The molecule has 0 atom stereocenters. The second-order valence-corrected chi connectivity index (χ2v) is 5.33. The van der Waals surface area contributed by atoms with E-state index in [2.05, 4.69) is 0 Å². The second-order valence-electron chi connectivity index (χ2n) is 5.33. The standard InChI is InChI=1S/C16H20FNO6/c1-6-23-14(19)16(5,15(20)24-7-2)13-10(4)9(3)12(18(21)22)8-11(13)17/h8H,6-7H2,1-5H3. The first kappa shape index (κ1) is 19.5. The summed E-state index contributed by atoms with van der Waals surface area (Å²) in [7, 11) is 0. The van der Waals surface area contributed by atoms with Crippen LogP contribution in [0.25, 0.3) is 0 Å². The van der Waals surface area contributed by atoms with Crippen LogP contribution in [0.1, 0.15) is 37.5 Å². The third-order valence-corrected chi connectivity index (χ3v) is 3.89. The minimum atomic E-state index is -2.06. The molecule has 0 bridgehead atoms. The van der Waals surface area contributed by atoms with E-state index in [0.717, 1.165) is 0 Å². The average Bonchev–Trinajstić information content (AvgIpc) is 2.50. The summed E-state index contributed by atoms with van der Waals surface area (Å²) in [4.78, 5) is 35.1. The van der Waals surface area contributed by atoms with Gasteiger partial charge in [0.05, 0.1) is 24.2 Å². The number of hydrogen-bond donors (Lipinski definition) is 0. The van der Waals surface area contributed by atoms with Crippen molar-refractivity contribution in [2.75, 3.05) is 13.2 Å². The van der Waals surface area contributed by atoms with E-state index < -0.39 is 33.8 Å². The average molecular weight is 341 g/mol. The van der Waals surface area contributed by atoms with E-state index in [1.165, 1.54) is 20.8 Å². The van der Waals surface area contributed by atoms with Crippen molar-refractivity contribution in [3.8, 4) is 0 Å². The Labute approximate surface area is 138 Å². The second kappa shape index (κ2) is 7.37. The van der Waals surface area contributed by atoms with Crippen LogP contribution in [0.2, 0.25) is 0 Å². The molecule has 0 unspecified atom stereocenters. The number of nitrogens with zero attached hydrogens (tertiary/aromatic N) is 1. The number of carbonyl (C=O) groups excluding carboxylic acids is 2. The summed E-state index contributed by atoms with van der Waals surface area (Å²) in [6.45, 7) is 7.10. The van der Waals surface area contributed by atoms with Crippen molar-refractivity contribution in [3.05, 3.63) is 38.7 Å². The van der Waals surface area contributed by atoms with Crippen molar-refractivity contribution >= 4 is 17.6 Å². The number of nitro groups is 1. The number of rotatable bonds is 6. The predicted octanol–water partition coefficient (Wildman–Crippen LogP) is 2.73. The van der Waals surface area contributed by atoms with Crippen molar-refractivity contribution in [3.63, 3.8) is 0 Å². The molecule has 1 aromatic rings. The van der Waals surface area contributed by atoms with Crippen molar-refractivity contribution in [2.24, 2.45) is 0 Å². The first-order chi connectivity index (χ1) is 11.1. The highest BCUT2D eigenvalue weighted by molar-refractivity contribution is 6.06. The number of carbonyl (C=O) groups is 2. The van der Waals surface area contributed by atoms with Crippen molar-refractivity contribution in [1.82, 2.24) is 0 Å². The summed E-state index contributed by atoms with van der Waals surface area (Å²) in [5.41, 5.74) is -2.46. The first-order valence-corrected chi connectivity index (χ1v) is 7.41. The minimum Gasteiger partial charge on any atom is -0.465 e. The highest BCUT2D eigenvalue weighted by Crippen LogP contribution is 2.37. The van der Waals surface area contributed by atoms with Crippen LogP contribution in [-0.4, -0.2) is 30.1 Å². The van der Waals surface area contributed by atoms with E-state index in [1.807, 2.05) is 0 Å². The lowest BCUT2D eigenvalue weighted by molar-refractivity contribution is -0.385. The molecule has 0 spiro atoms. The SMILES string of the molecule is CCOC(=O)C(C)(C(=O)OCC)c1c(F)cc([N+](=O)[O-])c(C)c1C. The zero-order valence-corrected chi connectivity index (χ0v) is 14.3. The Bertz CT molecular complexity index is 668. The van der Waals surface area contributed by atoms with Crippen LogP contribution in [0.4, 0.5) is 10.1 Å². The maximum absolute atomic E-state index is 14.6. The van der Waals surface area contributed by atoms with Gasteiger partial charge in [-0.15, -0.1) is 0 Å². The van der Waals surface area contributed by atoms with Gasteiger partial charge in [-0.05, 0) is 40.2 Å². The van der Waals surface area contributed by atoms with Gasteiger partial charge in [-0.1, -0.05) is 0 Å². The van der Waals surface area contributed by atoms with Gasteiger partial charge in [0.1, 0.15) is 5.82 Å². The summed E-state index contributed by atoms with van der Waals surface area (Å²) in [5.74, 6) is -2.98. The highest BCUT2D eigenvalue weighted by atomic mass is 19.1. The fourth-order valence-electron chi connectivity index (χ4n) is 2.50. The number of halogens is 1. The fourth-order valence-corrected chi connectivity index (χ4v) is 2.50. The first-order valence-electron chi connectivity index (χ1n) is 7.41. The zero-order valence-electron chi connectivity index (χ0n) is 14.3. The molecule has 0 N–H and O–H groups in total. The number of hydrogen-bond acceptors (Lipinski definition) is 6. The molecule has 0 aliphatic heterocycles. The molecule has 0 amide bonds. The van der Waals surface area contributed by atoms with Gasteiger partial charge in [0.2, 0.25) is 0 Å². The Morgan fingerprint density at radius 2 is 1.62 bits per heavy atom. The Balaban J connectivity index is 3.72. The molecule has 132 valence electrons. The van der Waals surface area contributed by atoms with Gasteiger partial charge in [-0.25, -0.2) is 4.39 Å². The summed E-state index contributed by atoms with van der Waals surface area (Å²) >= 11 is 0. The summed E-state index contributed by atoms with van der Waals surface area (Å²) in [6, 6.07) is 0.703. The Hall–Kier alpha value is -2.51. The van der Waals surface area contributed by atoms with E-state index in [9.17, 15) is 24.1 Å². The molecule has 1 aromatic carbocycles. The molecule has 0 heterocycles. The molecule has 0 aliphatic carbocycles. The normalized spacial score (nSPS) is 11.1. The molecule has 8 heteroatoms. The third kappa shape index (κ3) is 3.22. The van der Waals surface area contributed by atoms with E-state index in [4.69, 9.17) is 9.47 Å². The molecule has 0 aromatic heterocycles. The number of esters is 2. The van der Waals surface area contributed by atoms with Gasteiger partial charge >= 0.3 is 11.9 Å². The molecular weight excluding hydrogens is 321 g/mol. The van der Waals surface area contributed by atoms with Crippen LogP contribution in [0.5, 0.6) is 0 Å². The number of ether oxygens (including phenoxy) is 2. The van der Waals surface area contributed by atoms with Crippen LogP contribution < -0.4 is 0 Å². The molecule has 0 fully saturated rings. The topological polar surface area (TPSA) is 95.7 Å². The van der Waals surface area contributed by atoms with Crippen molar-refractivity contribution in [1.29, 1.82) is 0 Å². The van der Waals surface area contributed by atoms with Gasteiger partial charge < -0.3 is 9.47 Å². The number of benzene rings is 1. The summed E-state index contributed by atoms with van der Waals surface area (Å²) < 4.78 is 24.5. The third-order valence-electron chi connectivity index (χ3n) is 3.89. The van der Waals surface area contributed by atoms with Gasteiger partial charge in [-0.3, -0.25) is 19.7 Å². The lowest BCUT2D eigenvalue weighted by Gasteiger charge is -2.28. The van der Waals surface area contributed by atoms with Crippen LogP contribution in [0, 0.1) is 29.8 Å². The Morgan fingerprint density at radius 3 is 2.00 bits per heavy atom. The molecule has 0 radical (unpaired) electrons. The minimum absolute atomic E-state index is 0.0134. The highest BCUT2D eigenvalue weighted by Gasteiger charge is 2.49. The molecular formula is C16H20FNO6. The van der Waals surface area contributed by atoms with Crippen molar-refractivity contribution < 1.29 is 28.4 Å². The maximum Gasteiger partial charge on any atom is 0.327 e. The monoisotopic (exact) mass is 341 g/mol. The van der Waals surface area contributed by atoms with Crippen molar-refractivity contribution in [2.45, 2.75) is 40.0 Å². The van der Waals surface area contributed by atoms with E-state index in [0.29, 0.717) is 6.07 Å². The fraction of sp³-hybridized carbons (Fsp3) is 0.500. The molecule has 0 saturated heterocycles. The van der Waals surface area contributed by atoms with E-state index in [-0.39, 0.29) is 29.9 Å². The van der Waals surface area contributed by atoms with Crippen LogP contribution in [0.15, 0.2) is 6.07 Å². The number of nitro benzene ring substituents is 1. The summed E-state index contributed by atoms with van der Waals surface area (Å²) in [5, 5.41) is 11.0. The van der Waals surface area contributed by atoms with Crippen LogP contribution in [-0.2, 0) is 24.5 Å². The Morgan fingerprint density at radius 1 is 1.17 bits per heavy atom. The van der Waals surface area contributed by atoms with E-state index >= 15 is 0 Å². The Kier molecular flexibility index (Phi) is 6.00. The predicted molar refractivity (Wildman–Crippen MR) is 83.1 cm³/mol. The van der Waals surface area contributed by atoms with Crippen LogP contribution in [0.3, 0.4) is 0 Å². The molecule has 7 nitrogen and oxygen atoms in total. The molecule has 0 saturated carbocycles. The van der Waals surface area contributed by atoms with E-state index in [1.54, 1.807) is 13.8 Å². The molecule has 24 heavy (non-hydrogen) atoms. The summed E-state index contributed by atoms with van der Waals surface area (Å²) in [6.07, 6.45) is 0. The van der Waals surface area contributed by atoms with Gasteiger partial charge in [0.25, 0.3) is 5.69 Å². The quantitative estimate of drug-likeness (QED) is 0.342.